The number of hydrogen-bond acceptors (Lipinski definition) is 3. The molecule has 0 radical (unpaired) electrons. The van der Waals surface area contributed by atoms with Crippen LogP contribution in [-0.4, -0.2) is 17.6 Å². The predicted molar refractivity (Wildman–Crippen MR) is 62.8 cm³/mol. The first kappa shape index (κ1) is 11.5. The first-order valence-electron chi connectivity index (χ1n) is 5.57. The molecular formula is C13H13NO3. The number of rotatable bonds is 2. The van der Waals surface area contributed by atoms with Crippen molar-refractivity contribution in [3.05, 3.63) is 29.8 Å². The van der Waals surface area contributed by atoms with Crippen LogP contribution in [0, 0.1) is 0 Å². The molecule has 1 aliphatic rings. The van der Waals surface area contributed by atoms with Crippen LogP contribution >= 0.6 is 0 Å². The molecule has 2 amide bonds. The molecule has 0 spiro atoms. The lowest BCUT2D eigenvalue weighted by molar-refractivity contribution is -0.129. The summed E-state index contributed by atoms with van der Waals surface area (Å²) in [6, 6.07) is 6.71. The third kappa shape index (κ3) is 2.11. The SMILES string of the molecule is CC(=O)c1ccccc1N1C(=O)CCCC1=O. The smallest absolute Gasteiger partial charge is 0.233 e. The average Bonchev–Trinajstić information content (AvgIpc) is 2.29. The second kappa shape index (κ2) is 4.49. The van der Waals surface area contributed by atoms with E-state index in [1.807, 2.05) is 0 Å². The number of para-hydroxylation sites is 1. The highest BCUT2D eigenvalue weighted by atomic mass is 16.2. The van der Waals surface area contributed by atoms with Gasteiger partial charge in [-0.25, -0.2) is 4.90 Å². The van der Waals surface area contributed by atoms with Gasteiger partial charge in [-0.15, -0.1) is 0 Å². The van der Waals surface area contributed by atoms with Crippen LogP contribution in [0.4, 0.5) is 5.69 Å². The van der Waals surface area contributed by atoms with Crippen LogP contribution in [0.25, 0.3) is 0 Å². The number of ketones is 1. The topological polar surface area (TPSA) is 54.5 Å². The van der Waals surface area contributed by atoms with Gasteiger partial charge in [0.05, 0.1) is 5.69 Å². The van der Waals surface area contributed by atoms with Crippen molar-refractivity contribution >= 4 is 23.3 Å². The summed E-state index contributed by atoms with van der Waals surface area (Å²) >= 11 is 0. The van der Waals surface area contributed by atoms with Gasteiger partial charge in [0.1, 0.15) is 0 Å². The number of anilines is 1. The summed E-state index contributed by atoms with van der Waals surface area (Å²) in [5, 5.41) is 0. The van der Waals surface area contributed by atoms with Crippen LogP contribution in [0.15, 0.2) is 24.3 Å². The fourth-order valence-corrected chi connectivity index (χ4v) is 1.99. The Bertz CT molecular complexity index is 477. The van der Waals surface area contributed by atoms with Gasteiger partial charge in [0, 0.05) is 18.4 Å². The summed E-state index contributed by atoms with van der Waals surface area (Å²) in [6.45, 7) is 1.43. The monoisotopic (exact) mass is 231 g/mol. The quantitative estimate of drug-likeness (QED) is 0.577. The number of Topliss-reactive ketones (excluding diaryl/α,β-unsaturated/α-hetero) is 1. The number of amides is 2. The summed E-state index contributed by atoms with van der Waals surface area (Å²) in [7, 11) is 0. The number of piperidine rings is 1. The van der Waals surface area contributed by atoms with Crippen molar-refractivity contribution in [3.8, 4) is 0 Å². The molecule has 0 atom stereocenters. The summed E-state index contributed by atoms with van der Waals surface area (Å²) in [6.07, 6.45) is 1.31. The summed E-state index contributed by atoms with van der Waals surface area (Å²) in [4.78, 5) is 36.2. The Balaban J connectivity index is 2.48. The van der Waals surface area contributed by atoms with E-state index in [2.05, 4.69) is 0 Å². The van der Waals surface area contributed by atoms with Gasteiger partial charge in [-0.05, 0) is 25.5 Å². The molecule has 0 unspecified atom stereocenters. The maximum absolute atomic E-state index is 11.8. The van der Waals surface area contributed by atoms with Gasteiger partial charge in [-0.3, -0.25) is 14.4 Å². The van der Waals surface area contributed by atoms with Gasteiger partial charge in [-0.2, -0.15) is 0 Å². The first-order valence-corrected chi connectivity index (χ1v) is 5.57. The average molecular weight is 231 g/mol. The van der Waals surface area contributed by atoms with E-state index in [0.29, 0.717) is 30.5 Å². The molecule has 1 aromatic rings. The zero-order valence-electron chi connectivity index (χ0n) is 9.60. The molecule has 1 fully saturated rings. The maximum Gasteiger partial charge on any atom is 0.233 e. The first-order chi connectivity index (χ1) is 8.11. The normalized spacial score (nSPS) is 16.2. The minimum Gasteiger partial charge on any atom is -0.294 e. The molecule has 1 aromatic carbocycles. The highest BCUT2D eigenvalue weighted by Gasteiger charge is 2.29. The van der Waals surface area contributed by atoms with Crippen molar-refractivity contribution in [1.29, 1.82) is 0 Å². The van der Waals surface area contributed by atoms with Crippen molar-refractivity contribution in [2.75, 3.05) is 4.90 Å². The highest BCUT2D eigenvalue weighted by Crippen LogP contribution is 2.25. The van der Waals surface area contributed by atoms with Crippen LogP contribution in [0.1, 0.15) is 36.5 Å². The van der Waals surface area contributed by atoms with Crippen LogP contribution < -0.4 is 4.90 Å². The van der Waals surface area contributed by atoms with Gasteiger partial charge < -0.3 is 0 Å². The number of imide groups is 1. The molecule has 0 bridgehead atoms. The van der Waals surface area contributed by atoms with E-state index in [9.17, 15) is 14.4 Å². The van der Waals surface area contributed by atoms with Crippen molar-refractivity contribution in [3.63, 3.8) is 0 Å². The molecule has 0 aliphatic carbocycles. The largest absolute Gasteiger partial charge is 0.294 e. The Morgan fingerprint density at radius 1 is 1.12 bits per heavy atom. The van der Waals surface area contributed by atoms with Crippen LogP contribution in [-0.2, 0) is 9.59 Å². The minimum atomic E-state index is -0.227. The molecule has 4 heteroatoms. The van der Waals surface area contributed by atoms with Gasteiger partial charge in [0.2, 0.25) is 11.8 Å². The molecule has 0 aromatic heterocycles. The molecule has 0 saturated carbocycles. The summed E-state index contributed by atoms with van der Waals surface area (Å²) in [5.74, 6) is -0.600. The maximum atomic E-state index is 11.8. The third-order valence-electron chi connectivity index (χ3n) is 2.80. The second-order valence-electron chi connectivity index (χ2n) is 4.05. The Morgan fingerprint density at radius 3 is 2.29 bits per heavy atom. The van der Waals surface area contributed by atoms with E-state index in [4.69, 9.17) is 0 Å². The zero-order valence-corrected chi connectivity index (χ0v) is 9.60. The van der Waals surface area contributed by atoms with Gasteiger partial charge >= 0.3 is 0 Å². The fraction of sp³-hybridized carbons (Fsp3) is 0.308. The number of hydrogen-bond donors (Lipinski definition) is 0. The molecule has 0 N–H and O–H groups in total. The van der Waals surface area contributed by atoms with E-state index in [1.165, 1.54) is 6.92 Å². The van der Waals surface area contributed by atoms with E-state index in [-0.39, 0.29) is 17.6 Å². The molecule has 1 aliphatic heterocycles. The second-order valence-corrected chi connectivity index (χ2v) is 4.05. The van der Waals surface area contributed by atoms with E-state index in [1.54, 1.807) is 24.3 Å². The lowest BCUT2D eigenvalue weighted by atomic mass is 10.0. The minimum absolute atomic E-state index is 0.147. The molecule has 88 valence electrons. The Kier molecular flexibility index (Phi) is 3.04. The van der Waals surface area contributed by atoms with Crippen molar-refractivity contribution < 1.29 is 14.4 Å². The molecule has 4 nitrogen and oxygen atoms in total. The Hall–Kier alpha value is -1.97. The van der Waals surface area contributed by atoms with Gasteiger partial charge in [-0.1, -0.05) is 12.1 Å². The molecule has 1 saturated heterocycles. The van der Waals surface area contributed by atoms with E-state index < -0.39 is 0 Å². The van der Waals surface area contributed by atoms with Crippen LogP contribution in [0.2, 0.25) is 0 Å². The van der Waals surface area contributed by atoms with Crippen LogP contribution in [0.5, 0.6) is 0 Å². The zero-order chi connectivity index (χ0) is 12.4. The number of nitrogens with zero attached hydrogens (tertiary/aromatic N) is 1. The van der Waals surface area contributed by atoms with Crippen molar-refractivity contribution in [2.24, 2.45) is 0 Å². The number of carbonyl (C=O) groups excluding carboxylic acids is 3. The fourth-order valence-electron chi connectivity index (χ4n) is 1.99. The molecule has 1 heterocycles. The molecule has 17 heavy (non-hydrogen) atoms. The van der Waals surface area contributed by atoms with Crippen molar-refractivity contribution in [1.82, 2.24) is 0 Å². The lowest BCUT2D eigenvalue weighted by Crippen LogP contribution is -2.40. The Labute approximate surface area is 99.2 Å². The number of benzene rings is 1. The molecule has 2 rings (SSSR count). The summed E-state index contributed by atoms with van der Waals surface area (Å²) < 4.78 is 0. The van der Waals surface area contributed by atoms with Gasteiger partial charge in [0.25, 0.3) is 0 Å². The van der Waals surface area contributed by atoms with Crippen LogP contribution in [0.3, 0.4) is 0 Å². The summed E-state index contributed by atoms with van der Waals surface area (Å²) in [5.41, 5.74) is 0.825. The standard InChI is InChI=1S/C13H13NO3/c1-9(15)10-5-2-3-6-11(10)14-12(16)7-4-8-13(14)17/h2-3,5-6H,4,7-8H2,1H3. The highest BCUT2D eigenvalue weighted by molar-refractivity contribution is 6.19. The van der Waals surface area contributed by atoms with E-state index in [0.717, 1.165) is 4.90 Å². The molecular weight excluding hydrogens is 218 g/mol. The Morgan fingerprint density at radius 2 is 1.71 bits per heavy atom. The number of carbonyl (C=O) groups is 3. The van der Waals surface area contributed by atoms with E-state index >= 15 is 0 Å². The van der Waals surface area contributed by atoms with Gasteiger partial charge in [0.15, 0.2) is 5.78 Å². The third-order valence-corrected chi connectivity index (χ3v) is 2.80. The van der Waals surface area contributed by atoms with Crippen molar-refractivity contribution in [2.45, 2.75) is 26.2 Å². The lowest BCUT2D eigenvalue weighted by Gasteiger charge is -2.26. The predicted octanol–water partition coefficient (Wildman–Crippen LogP) is 1.93.